The Kier molecular flexibility index (Phi) is 11.2. The minimum atomic E-state index is -1.20. The van der Waals surface area contributed by atoms with Crippen LogP contribution in [0.4, 0.5) is 0 Å². The molecule has 0 radical (unpaired) electrons. The summed E-state index contributed by atoms with van der Waals surface area (Å²) in [6.07, 6.45) is 15.8. The fourth-order valence-corrected chi connectivity index (χ4v) is 10.4. The van der Waals surface area contributed by atoms with Crippen LogP contribution in [0.3, 0.4) is 0 Å². The Labute approximate surface area is 147 Å². The van der Waals surface area contributed by atoms with E-state index in [9.17, 15) is 0 Å². The minimum Gasteiger partial charge on any atom is -0.306 e. The molecule has 0 aliphatic carbocycles. The van der Waals surface area contributed by atoms with E-state index in [1.165, 1.54) is 107 Å². The highest BCUT2D eigenvalue weighted by atomic mass is 28.3. The van der Waals surface area contributed by atoms with Crippen molar-refractivity contribution in [3.05, 3.63) is 12.2 Å². The van der Waals surface area contributed by atoms with Crippen LogP contribution in [0.1, 0.15) is 85.0 Å². The molecule has 0 atom stereocenters. The molecule has 0 N–H and O–H groups in total. The number of allylic oxidation sites excluding steroid dienone is 1. The molecule has 1 heterocycles. The van der Waals surface area contributed by atoms with E-state index in [4.69, 9.17) is 0 Å². The molecule has 0 bridgehead atoms. The van der Waals surface area contributed by atoms with E-state index in [2.05, 4.69) is 32.3 Å². The molecule has 0 aromatic heterocycles. The third-order valence-corrected chi connectivity index (χ3v) is 11.1. The van der Waals surface area contributed by atoms with E-state index in [1.54, 1.807) is 0 Å². The van der Waals surface area contributed by atoms with Crippen molar-refractivity contribution in [2.75, 3.05) is 19.3 Å². The van der Waals surface area contributed by atoms with Crippen molar-refractivity contribution in [1.82, 2.24) is 4.90 Å². The maximum Gasteiger partial charge on any atom is 0.0729 e. The van der Waals surface area contributed by atoms with E-state index in [1.807, 2.05) is 0 Å². The van der Waals surface area contributed by atoms with Crippen molar-refractivity contribution in [2.24, 2.45) is 0 Å². The Bertz CT molecular complexity index is 295. The van der Waals surface area contributed by atoms with E-state index >= 15 is 0 Å². The molecule has 0 aromatic carbocycles. The lowest BCUT2D eigenvalue weighted by molar-refractivity contribution is 0.297. The molecule has 1 aliphatic heterocycles. The second-order valence-electron chi connectivity index (χ2n) is 8.24. The molecule has 0 unspecified atom stereocenters. The molecule has 23 heavy (non-hydrogen) atoms. The van der Waals surface area contributed by atoms with Crippen molar-refractivity contribution >= 4 is 8.07 Å². The van der Waals surface area contributed by atoms with Crippen molar-refractivity contribution in [2.45, 2.75) is 103 Å². The summed E-state index contributed by atoms with van der Waals surface area (Å²) in [4.78, 5) is 2.88. The highest BCUT2D eigenvalue weighted by molar-refractivity contribution is 6.80. The number of hydrogen-bond donors (Lipinski definition) is 0. The Morgan fingerprint density at radius 1 is 0.826 bits per heavy atom. The van der Waals surface area contributed by atoms with E-state index in [0.717, 1.165) is 0 Å². The van der Waals surface area contributed by atoms with Crippen LogP contribution in [0, 0.1) is 0 Å². The van der Waals surface area contributed by atoms with E-state index in [-0.39, 0.29) is 0 Å². The van der Waals surface area contributed by atoms with Crippen LogP contribution in [0.5, 0.6) is 0 Å². The Hall–Kier alpha value is -0.0831. The fourth-order valence-electron chi connectivity index (χ4n) is 4.69. The SMILES string of the molecule is C=C(C)C[Si](CCC)(CCC)CN1CCCCCCCCCC1. The lowest BCUT2D eigenvalue weighted by Crippen LogP contribution is -2.48. The summed E-state index contributed by atoms with van der Waals surface area (Å²) in [5, 5.41) is 0. The molecule has 1 nitrogen and oxygen atoms in total. The molecule has 0 spiro atoms. The van der Waals surface area contributed by atoms with Crippen LogP contribution in [-0.4, -0.2) is 32.2 Å². The second kappa shape index (κ2) is 12.3. The molecule has 2 heteroatoms. The van der Waals surface area contributed by atoms with Crippen LogP contribution in [0.15, 0.2) is 12.2 Å². The maximum absolute atomic E-state index is 4.29. The first-order valence-corrected chi connectivity index (χ1v) is 13.3. The summed E-state index contributed by atoms with van der Waals surface area (Å²) < 4.78 is 0. The highest BCUT2D eigenvalue weighted by Gasteiger charge is 2.32. The molecule has 136 valence electrons. The van der Waals surface area contributed by atoms with Gasteiger partial charge in [0.05, 0.1) is 8.07 Å². The van der Waals surface area contributed by atoms with Crippen molar-refractivity contribution < 1.29 is 0 Å². The third kappa shape index (κ3) is 9.10. The quantitative estimate of drug-likeness (QED) is 0.347. The summed E-state index contributed by atoms with van der Waals surface area (Å²) in [5.74, 6) is 0. The largest absolute Gasteiger partial charge is 0.306 e. The molecule has 1 rings (SSSR count). The zero-order chi connectivity index (χ0) is 17.0. The van der Waals surface area contributed by atoms with E-state index < -0.39 is 8.07 Å². The summed E-state index contributed by atoms with van der Waals surface area (Å²) >= 11 is 0. The first-order chi connectivity index (χ1) is 11.1. The van der Waals surface area contributed by atoms with Gasteiger partial charge in [-0.25, -0.2) is 0 Å². The van der Waals surface area contributed by atoms with Gasteiger partial charge in [-0.3, -0.25) is 0 Å². The van der Waals surface area contributed by atoms with Gasteiger partial charge in [-0.2, -0.15) is 0 Å². The normalized spacial score (nSPS) is 19.3. The molecular formula is C21H43NSi. The zero-order valence-electron chi connectivity index (χ0n) is 16.5. The van der Waals surface area contributed by atoms with Gasteiger partial charge in [0.25, 0.3) is 0 Å². The van der Waals surface area contributed by atoms with Crippen LogP contribution < -0.4 is 0 Å². The van der Waals surface area contributed by atoms with E-state index in [0.29, 0.717) is 0 Å². The van der Waals surface area contributed by atoms with Gasteiger partial charge in [0.1, 0.15) is 0 Å². The average Bonchev–Trinajstić information content (AvgIpc) is 2.53. The first-order valence-electron chi connectivity index (χ1n) is 10.5. The fraction of sp³-hybridized carbons (Fsp3) is 0.905. The topological polar surface area (TPSA) is 3.24 Å². The lowest BCUT2D eigenvalue weighted by atomic mass is 10.1. The van der Waals surface area contributed by atoms with Gasteiger partial charge in [-0.1, -0.05) is 82.9 Å². The Balaban J connectivity index is 2.72. The van der Waals surface area contributed by atoms with Gasteiger partial charge in [0.2, 0.25) is 0 Å². The molecule has 1 fully saturated rings. The Morgan fingerprint density at radius 2 is 1.26 bits per heavy atom. The standard InChI is InChI=1S/C21H43NSi/c1-5-17-23(18-6-2,19-21(3)4)20-22-15-13-11-9-7-8-10-12-14-16-22/h3,5-20H2,1-2,4H3. The second-order valence-corrected chi connectivity index (χ2v) is 12.9. The van der Waals surface area contributed by atoms with Gasteiger partial charge in [-0.05, 0) is 45.1 Å². The Morgan fingerprint density at radius 3 is 1.65 bits per heavy atom. The monoisotopic (exact) mass is 337 g/mol. The van der Waals surface area contributed by atoms with Crippen LogP contribution in [-0.2, 0) is 0 Å². The molecule has 1 aliphatic rings. The molecule has 0 amide bonds. The maximum atomic E-state index is 4.29. The minimum absolute atomic E-state index is 1.20. The van der Waals surface area contributed by atoms with Gasteiger partial charge >= 0.3 is 0 Å². The van der Waals surface area contributed by atoms with Gasteiger partial charge in [0.15, 0.2) is 0 Å². The number of rotatable bonds is 8. The molecule has 1 saturated heterocycles. The molecule has 0 saturated carbocycles. The summed E-state index contributed by atoms with van der Waals surface area (Å²) in [6.45, 7) is 14.1. The smallest absolute Gasteiger partial charge is 0.0729 e. The van der Waals surface area contributed by atoms with Crippen LogP contribution in [0.25, 0.3) is 0 Å². The van der Waals surface area contributed by atoms with Crippen molar-refractivity contribution in [1.29, 1.82) is 0 Å². The van der Waals surface area contributed by atoms with Crippen molar-refractivity contribution in [3.63, 3.8) is 0 Å². The first kappa shape index (κ1) is 21.0. The number of hydrogen-bond acceptors (Lipinski definition) is 1. The van der Waals surface area contributed by atoms with Gasteiger partial charge in [-0.15, -0.1) is 6.58 Å². The van der Waals surface area contributed by atoms with Crippen LogP contribution in [0.2, 0.25) is 18.1 Å². The van der Waals surface area contributed by atoms with Crippen molar-refractivity contribution in [3.8, 4) is 0 Å². The van der Waals surface area contributed by atoms with Gasteiger partial charge < -0.3 is 4.90 Å². The van der Waals surface area contributed by atoms with Crippen LogP contribution >= 0.6 is 0 Å². The summed E-state index contributed by atoms with van der Waals surface area (Å²) in [6, 6.07) is 4.37. The predicted octanol–water partition coefficient (Wildman–Crippen LogP) is 6.81. The zero-order valence-corrected chi connectivity index (χ0v) is 17.5. The number of nitrogens with zero attached hydrogens (tertiary/aromatic N) is 1. The summed E-state index contributed by atoms with van der Waals surface area (Å²) in [7, 11) is -1.20. The highest BCUT2D eigenvalue weighted by Crippen LogP contribution is 2.29. The molecule has 0 aromatic rings. The third-order valence-electron chi connectivity index (χ3n) is 5.50. The average molecular weight is 338 g/mol. The summed E-state index contributed by atoms with van der Waals surface area (Å²) in [5.41, 5.74) is 1.44. The molecular weight excluding hydrogens is 294 g/mol. The van der Waals surface area contributed by atoms with Gasteiger partial charge in [0, 0.05) is 0 Å². The predicted molar refractivity (Wildman–Crippen MR) is 109 cm³/mol. The lowest BCUT2D eigenvalue weighted by Gasteiger charge is -2.37.